The zero-order chi connectivity index (χ0) is 24.6. The molecule has 6 nitrogen and oxygen atoms in total. The average molecular weight is 541 g/mol. The third-order valence-corrected chi connectivity index (χ3v) is 7.32. The maximum absolute atomic E-state index is 13.6. The van der Waals surface area contributed by atoms with E-state index in [1.54, 1.807) is 42.7 Å². The molecule has 1 unspecified atom stereocenters. The molecular formula is C26H25BrN2O4S. The molecular weight excluding hydrogens is 516 g/mol. The second-order valence-corrected chi connectivity index (χ2v) is 10.2. The third kappa shape index (κ3) is 4.52. The Balaban J connectivity index is 1.93. The number of nitrogens with zero attached hydrogens (tertiary/aromatic N) is 2. The summed E-state index contributed by atoms with van der Waals surface area (Å²) in [5.74, 6) is 0.0130. The highest BCUT2D eigenvalue weighted by atomic mass is 79.9. The number of esters is 1. The van der Waals surface area contributed by atoms with Gasteiger partial charge in [0.1, 0.15) is 5.75 Å². The van der Waals surface area contributed by atoms with Gasteiger partial charge in [0.15, 0.2) is 4.80 Å². The molecule has 2 heterocycles. The highest BCUT2D eigenvalue weighted by Crippen LogP contribution is 2.31. The van der Waals surface area contributed by atoms with Crippen molar-refractivity contribution in [3.05, 3.63) is 94.6 Å². The minimum absolute atomic E-state index is 0.123. The van der Waals surface area contributed by atoms with Crippen molar-refractivity contribution in [3.8, 4) is 5.75 Å². The van der Waals surface area contributed by atoms with Gasteiger partial charge in [-0.1, -0.05) is 55.5 Å². The lowest BCUT2D eigenvalue weighted by Crippen LogP contribution is -2.39. The number of aromatic hydroxyl groups is 1. The van der Waals surface area contributed by atoms with Gasteiger partial charge in [-0.05, 0) is 70.6 Å². The van der Waals surface area contributed by atoms with E-state index in [0.29, 0.717) is 31.0 Å². The molecule has 0 spiro atoms. The van der Waals surface area contributed by atoms with E-state index in [-0.39, 0.29) is 17.9 Å². The molecule has 1 N–H and O–H groups in total. The third-order valence-electron chi connectivity index (χ3n) is 5.71. The number of benzene rings is 2. The summed E-state index contributed by atoms with van der Waals surface area (Å²) in [4.78, 5) is 31.7. The molecule has 8 heteroatoms. The van der Waals surface area contributed by atoms with Crippen molar-refractivity contribution in [1.29, 1.82) is 0 Å². The summed E-state index contributed by atoms with van der Waals surface area (Å²) in [5, 5.41) is 9.78. The molecule has 0 fully saturated rings. The molecule has 0 aliphatic carbocycles. The number of hydrogen-bond acceptors (Lipinski definition) is 6. The molecule has 1 atom stereocenters. The molecule has 1 aliphatic rings. The Morgan fingerprint density at radius 2 is 1.97 bits per heavy atom. The number of halogens is 1. The Morgan fingerprint density at radius 1 is 1.26 bits per heavy atom. The first-order valence-corrected chi connectivity index (χ1v) is 12.6. The Morgan fingerprint density at radius 3 is 2.59 bits per heavy atom. The number of hydrogen-bond donors (Lipinski definition) is 1. The van der Waals surface area contributed by atoms with Gasteiger partial charge < -0.3 is 9.84 Å². The van der Waals surface area contributed by atoms with Gasteiger partial charge in [0.25, 0.3) is 5.56 Å². The van der Waals surface area contributed by atoms with Crippen LogP contribution in [0.4, 0.5) is 0 Å². The fourth-order valence-electron chi connectivity index (χ4n) is 3.93. The molecule has 0 saturated carbocycles. The monoisotopic (exact) mass is 540 g/mol. The zero-order valence-corrected chi connectivity index (χ0v) is 21.7. The fourth-order valence-corrected chi connectivity index (χ4v) is 5.38. The van der Waals surface area contributed by atoms with Crippen LogP contribution in [0.25, 0.3) is 6.08 Å². The summed E-state index contributed by atoms with van der Waals surface area (Å²) in [6.45, 7) is 8.00. The Bertz CT molecular complexity index is 1470. The van der Waals surface area contributed by atoms with Crippen LogP contribution in [0.15, 0.2) is 68.0 Å². The van der Waals surface area contributed by atoms with Crippen molar-refractivity contribution in [3.63, 3.8) is 0 Å². The summed E-state index contributed by atoms with van der Waals surface area (Å²) in [5.41, 5.74) is 3.42. The predicted octanol–water partition coefficient (Wildman–Crippen LogP) is 4.39. The van der Waals surface area contributed by atoms with E-state index in [2.05, 4.69) is 34.8 Å². The van der Waals surface area contributed by atoms with E-state index < -0.39 is 12.0 Å². The smallest absolute Gasteiger partial charge is 0.338 e. The molecule has 0 radical (unpaired) electrons. The van der Waals surface area contributed by atoms with Crippen molar-refractivity contribution >= 4 is 39.3 Å². The summed E-state index contributed by atoms with van der Waals surface area (Å²) in [6, 6.07) is 12.4. The molecule has 1 aromatic heterocycles. The lowest BCUT2D eigenvalue weighted by molar-refractivity contribution is -0.139. The highest BCUT2D eigenvalue weighted by molar-refractivity contribution is 9.10. The van der Waals surface area contributed by atoms with Gasteiger partial charge in [0, 0.05) is 0 Å². The van der Waals surface area contributed by atoms with Crippen LogP contribution in [0, 0.1) is 0 Å². The lowest BCUT2D eigenvalue weighted by Gasteiger charge is -2.25. The predicted molar refractivity (Wildman–Crippen MR) is 137 cm³/mol. The van der Waals surface area contributed by atoms with Crippen LogP contribution >= 0.6 is 27.3 Å². The molecule has 4 rings (SSSR count). The second kappa shape index (κ2) is 9.72. The van der Waals surface area contributed by atoms with Crippen molar-refractivity contribution in [2.24, 2.45) is 4.99 Å². The number of ether oxygens (including phenoxy) is 1. The van der Waals surface area contributed by atoms with E-state index in [0.717, 1.165) is 11.1 Å². The molecule has 0 bridgehead atoms. The SMILES string of the molecule is CCOC(=O)C1=C(C)N=c2s/c(=C/c3ccc(O)c(Br)c3)c(=O)n2C1c1ccc(C(C)C)cc1. The minimum atomic E-state index is -0.634. The molecule has 176 valence electrons. The van der Waals surface area contributed by atoms with E-state index >= 15 is 0 Å². The number of allylic oxidation sites excluding steroid dienone is 1. The fraction of sp³-hybridized carbons (Fsp3) is 0.269. The largest absolute Gasteiger partial charge is 0.507 e. The topological polar surface area (TPSA) is 80.9 Å². The maximum atomic E-state index is 13.6. The first-order chi connectivity index (χ1) is 16.2. The van der Waals surface area contributed by atoms with Gasteiger partial charge in [0.2, 0.25) is 0 Å². The quantitative estimate of drug-likeness (QED) is 0.486. The number of phenols is 1. The summed E-state index contributed by atoms with van der Waals surface area (Å²) >= 11 is 4.58. The Hall–Kier alpha value is -2.97. The lowest BCUT2D eigenvalue weighted by atomic mass is 9.93. The first kappa shape index (κ1) is 24.2. The van der Waals surface area contributed by atoms with Crippen molar-refractivity contribution in [2.75, 3.05) is 6.61 Å². The van der Waals surface area contributed by atoms with Crippen LogP contribution in [0.1, 0.15) is 56.3 Å². The molecule has 3 aromatic rings. The Kier molecular flexibility index (Phi) is 6.91. The standard InChI is InChI=1S/C26H25BrN2O4S/c1-5-33-25(32)22-15(4)28-26-29(23(22)18-9-7-17(8-10-18)14(2)3)24(31)21(34-26)13-16-6-11-20(30)19(27)12-16/h6-14,23,30H,5H2,1-4H3/b21-13+. The van der Waals surface area contributed by atoms with Crippen molar-refractivity contribution in [1.82, 2.24) is 4.57 Å². The van der Waals surface area contributed by atoms with Gasteiger partial charge in [-0.15, -0.1) is 0 Å². The highest BCUT2D eigenvalue weighted by Gasteiger charge is 2.33. The molecule has 2 aromatic carbocycles. The number of thiazole rings is 1. The van der Waals surface area contributed by atoms with Gasteiger partial charge in [0.05, 0.1) is 32.9 Å². The zero-order valence-electron chi connectivity index (χ0n) is 19.3. The van der Waals surface area contributed by atoms with Crippen LogP contribution in [-0.2, 0) is 9.53 Å². The van der Waals surface area contributed by atoms with Crippen molar-refractivity contribution < 1.29 is 14.6 Å². The van der Waals surface area contributed by atoms with Gasteiger partial charge in [-0.3, -0.25) is 9.36 Å². The Labute approximate surface area is 209 Å². The number of carbonyl (C=O) groups is 1. The van der Waals surface area contributed by atoms with Gasteiger partial charge >= 0.3 is 5.97 Å². The number of aromatic nitrogens is 1. The summed E-state index contributed by atoms with van der Waals surface area (Å²) < 4.78 is 7.94. The second-order valence-electron chi connectivity index (χ2n) is 8.33. The van der Waals surface area contributed by atoms with Crippen LogP contribution in [0.2, 0.25) is 0 Å². The van der Waals surface area contributed by atoms with Crippen LogP contribution in [0.3, 0.4) is 0 Å². The van der Waals surface area contributed by atoms with Gasteiger partial charge in [-0.2, -0.15) is 0 Å². The summed E-state index contributed by atoms with van der Waals surface area (Å²) in [7, 11) is 0. The molecule has 34 heavy (non-hydrogen) atoms. The molecule has 0 saturated heterocycles. The van der Waals surface area contributed by atoms with E-state index in [1.165, 1.54) is 16.9 Å². The molecule has 1 aliphatic heterocycles. The van der Waals surface area contributed by atoms with E-state index in [4.69, 9.17) is 4.74 Å². The maximum Gasteiger partial charge on any atom is 0.338 e. The average Bonchev–Trinajstić information content (AvgIpc) is 3.10. The first-order valence-electron chi connectivity index (χ1n) is 11.0. The number of phenolic OH excluding ortho intramolecular Hbond substituents is 1. The van der Waals surface area contributed by atoms with E-state index in [9.17, 15) is 14.7 Å². The number of fused-ring (bicyclic) bond motifs is 1. The number of carbonyl (C=O) groups excluding carboxylic acids is 1. The number of rotatable bonds is 5. The molecule has 0 amide bonds. The van der Waals surface area contributed by atoms with Crippen LogP contribution < -0.4 is 14.9 Å². The van der Waals surface area contributed by atoms with Gasteiger partial charge in [-0.25, -0.2) is 9.79 Å². The van der Waals surface area contributed by atoms with E-state index in [1.807, 2.05) is 24.3 Å². The van der Waals surface area contributed by atoms with Crippen molar-refractivity contribution in [2.45, 2.75) is 39.7 Å². The van der Waals surface area contributed by atoms with Crippen LogP contribution in [0.5, 0.6) is 5.75 Å². The van der Waals surface area contributed by atoms with Crippen LogP contribution in [-0.4, -0.2) is 22.2 Å². The summed E-state index contributed by atoms with van der Waals surface area (Å²) in [6.07, 6.45) is 1.76. The normalized spacial score (nSPS) is 15.9. The minimum Gasteiger partial charge on any atom is -0.507 e.